The van der Waals surface area contributed by atoms with Crippen LogP contribution < -0.4 is 10.2 Å². The predicted octanol–water partition coefficient (Wildman–Crippen LogP) is 3.09. The molecule has 9 heteroatoms. The lowest BCUT2D eigenvalue weighted by Crippen LogP contribution is -2.54. The van der Waals surface area contributed by atoms with Gasteiger partial charge in [0, 0.05) is 39.3 Å². The molecule has 0 spiro atoms. The van der Waals surface area contributed by atoms with Gasteiger partial charge in [-0.1, -0.05) is 25.0 Å². The molecule has 164 valence electrons. The van der Waals surface area contributed by atoms with Crippen LogP contribution in [0.2, 0.25) is 0 Å². The van der Waals surface area contributed by atoms with E-state index in [2.05, 4.69) is 25.3 Å². The quantitative estimate of drug-likeness (QED) is 0.377. The lowest BCUT2D eigenvalue weighted by atomic mass is 10.2. The van der Waals surface area contributed by atoms with Crippen LogP contribution >= 0.6 is 24.0 Å². The van der Waals surface area contributed by atoms with E-state index in [1.54, 1.807) is 6.07 Å². The molecular weight excluding hydrogens is 496 g/mol. The van der Waals surface area contributed by atoms with Gasteiger partial charge in [-0.15, -0.1) is 34.2 Å². The molecule has 1 N–H and O–H groups in total. The Morgan fingerprint density at radius 1 is 1.13 bits per heavy atom. The average molecular weight is 527 g/mol. The highest BCUT2D eigenvalue weighted by Crippen LogP contribution is 2.21. The number of rotatable bonds is 4. The number of aryl methyl sites for hydroxylation is 1. The van der Waals surface area contributed by atoms with Crippen molar-refractivity contribution in [1.82, 2.24) is 25.0 Å². The molecule has 0 atom stereocenters. The molecule has 7 nitrogen and oxygen atoms in total. The Kier molecular flexibility index (Phi) is 7.90. The number of nitrogens with one attached hydrogen (secondary N) is 1. The molecule has 1 saturated heterocycles. The molecular formula is C21H31FIN7. The third-order valence-electron chi connectivity index (χ3n) is 6.01. The summed E-state index contributed by atoms with van der Waals surface area (Å²) < 4.78 is 16.1. The summed E-state index contributed by atoms with van der Waals surface area (Å²) >= 11 is 0. The largest absolute Gasteiger partial charge is 0.366 e. The van der Waals surface area contributed by atoms with Crippen LogP contribution in [0.4, 0.5) is 10.1 Å². The Bertz CT molecular complexity index is 855. The second kappa shape index (κ2) is 10.4. The molecule has 2 aromatic rings. The normalized spacial score (nSPS) is 17.9. The molecule has 30 heavy (non-hydrogen) atoms. The minimum Gasteiger partial charge on any atom is -0.366 e. The molecule has 1 aliphatic heterocycles. The number of halogens is 2. The maximum atomic E-state index is 14.1. The molecule has 1 aromatic heterocycles. The molecule has 1 aliphatic carbocycles. The summed E-state index contributed by atoms with van der Waals surface area (Å²) in [5.41, 5.74) is 0.684. The number of para-hydroxylation sites is 1. The highest BCUT2D eigenvalue weighted by Gasteiger charge is 2.24. The highest BCUT2D eigenvalue weighted by molar-refractivity contribution is 14.0. The lowest BCUT2D eigenvalue weighted by Gasteiger charge is -2.38. The van der Waals surface area contributed by atoms with Crippen LogP contribution in [0.15, 0.2) is 29.3 Å². The minimum absolute atomic E-state index is 0. The summed E-state index contributed by atoms with van der Waals surface area (Å²) in [7, 11) is 1.97. The SMILES string of the molecule is Cc1nnc(CN=C(NC2CCCC2)N2CCN(c3ccccc3F)CC2)n1C.I. The number of nitrogens with zero attached hydrogens (tertiary/aromatic N) is 6. The van der Waals surface area contributed by atoms with Crippen molar-refractivity contribution in [3.05, 3.63) is 41.7 Å². The average Bonchev–Trinajstić information content (AvgIpc) is 3.36. The van der Waals surface area contributed by atoms with Gasteiger partial charge < -0.3 is 19.7 Å². The molecule has 2 heterocycles. The van der Waals surface area contributed by atoms with Gasteiger partial charge in [0.1, 0.15) is 18.2 Å². The van der Waals surface area contributed by atoms with E-state index >= 15 is 0 Å². The van der Waals surface area contributed by atoms with Gasteiger partial charge in [0.15, 0.2) is 11.8 Å². The Morgan fingerprint density at radius 3 is 2.47 bits per heavy atom. The van der Waals surface area contributed by atoms with Gasteiger partial charge in [0.05, 0.1) is 5.69 Å². The fourth-order valence-electron chi connectivity index (χ4n) is 4.09. The molecule has 0 bridgehead atoms. The van der Waals surface area contributed by atoms with Gasteiger partial charge in [-0.05, 0) is 31.9 Å². The number of anilines is 1. The van der Waals surface area contributed by atoms with Crippen molar-refractivity contribution in [1.29, 1.82) is 0 Å². The zero-order chi connectivity index (χ0) is 20.2. The molecule has 2 fully saturated rings. The van der Waals surface area contributed by atoms with Crippen LogP contribution in [0.5, 0.6) is 0 Å². The van der Waals surface area contributed by atoms with Crippen molar-refractivity contribution < 1.29 is 4.39 Å². The van der Waals surface area contributed by atoms with E-state index in [9.17, 15) is 4.39 Å². The van der Waals surface area contributed by atoms with Crippen molar-refractivity contribution in [2.45, 2.75) is 45.2 Å². The number of benzene rings is 1. The van der Waals surface area contributed by atoms with E-state index in [-0.39, 0.29) is 29.8 Å². The van der Waals surface area contributed by atoms with Crippen LogP contribution in [-0.2, 0) is 13.6 Å². The molecule has 0 unspecified atom stereocenters. The number of guanidine groups is 1. The van der Waals surface area contributed by atoms with E-state index in [1.165, 1.54) is 31.7 Å². The van der Waals surface area contributed by atoms with E-state index in [0.29, 0.717) is 18.3 Å². The third-order valence-corrected chi connectivity index (χ3v) is 6.01. The summed E-state index contributed by atoms with van der Waals surface area (Å²) in [6.45, 7) is 5.61. The third kappa shape index (κ3) is 5.22. The van der Waals surface area contributed by atoms with E-state index < -0.39 is 0 Å². The smallest absolute Gasteiger partial charge is 0.194 e. The van der Waals surface area contributed by atoms with Crippen LogP contribution in [0, 0.1) is 12.7 Å². The Labute approximate surface area is 194 Å². The summed E-state index contributed by atoms with van der Waals surface area (Å²) in [6.07, 6.45) is 4.93. The first-order chi connectivity index (χ1) is 14.1. The Hall–Kier alpha value is -1.91. The van der Waals surface area contributed by atoms with Crippen molar-refractivity contribution in [3.63, 3.8) is 0 Å². The second-order valence-corrected chi connectivity index (χ2v) is 7.91. The van der Waals surface area contributed by atoms with Crippen molar-refractivity contribution >= 4 is 35.6 Å². The van der Waals surface area contributed by atoms with Gasteiger partial charge in [-0.2, -0.15) is 0 Å². The number of hydrogen-bond donors (Lipinski definition) is 1. The number of piperazine rings is 1. The fourth-order valence-corrected chi connectivity index (χ4v) is 4.09. The highest BCUT2D eigenvalue weighted by atomic mass is 127. The summed E-state index contributed by atoms with van der Waals surface area (Å²) in [6, 6.07) is 7.49. The van der Waals surface area contributed by atoms with Gasteiger partial charge in [-0.3, -0.25) is 0 Å². The second-order valence-electron chi connectivity index (χ2n) is 7.91. The molecule has 4 rings (SSSR count). The van der Waals surface area contributed by atoms with E-state index in [0.717, 1.165) is 43.8 Å². The van der Waals surface area contributed by atoms with Gasteiger partial charge in [0.25, 0.3) is 0 Å². The molecule has 0 amide bonds. The van der Waals surface area contributed by atoms with Gasteiger partial charge in [0.2, 0.25) is 0 Å². The monoisotopic (exact) mass is 527 g/mol. The first-order valence-electron chi connectivity index (χ1n) is 10.5. The molecule has 1 aromatic carbocycles. The number of hydrogen-bond acceptors (Lipinski definition) is 4. The Morgan fingerprint density at radius 2 is 1.83 bits per heavy atom. The van der Waals surface area contributed by atoms with Crippen molar-refractivity contribution in [2.75, 3.05) is 31.1 Å². The van der Waals surface area contributed by atoms with E-state index in [4.69, 9.17) is 4.99 Å². The number of aliphatic imine (C=N–C) groups is 1. The lowest BCUT2D eigenvalue weighted by molar-refractivity contribution is 0.363. The molecule has 0 radical (unpaired) electrons. The van der Waals surface area contributed by atoms with Crippen LogP contribution in [0.25, 0.3) is 0 Å². The minimum atomic E-state index is -0.156. The predicted molar refractivity (Wildman–Crippen MR) is 128 cm³/mol. The van der Waals surface area contributed by atoms with Crippen molar-refractivity contribution in [2.24, 2.45) is 12.0 Å². The topological polar surface area (TPSA) is 61.6 Å². The molecule has 1 saturated carbocycles. The number of aromatic nitrogens is 3. The first kappa shape index (κ1) is 22.8. The van der Waals surface area contributed by atoms with Crippen LogP contribution in [0.3, 0.4) is 0 Å². The maximum Gasteiger partial charge on any atom is 0.194 e. The van der Waals surface area contributed by atoms with Gasteiger partial charge in [-0.25, -0.2) is 9.38 Å². The molecule has 2 aliphatic rings. The first-order valence-corrected chi connectivity index (χ1v) is 10.5. The van der Waals surface area contributed by atoms with Crippen molar-refractivity contribution in [3.8, 4) is 0 Å². The fraction of sp³-hybridized carbons (Fsp3) is 0.571. The summed E-state index contributed by atoms with van der Waals surface area (Å²) in [4.78, 5) is 9.29. The van der Waals surface area contributed by atoms with Crippen LogP contribution in [-0.4, -0.2) is 57.8 Å². The maximum absolute atomic E-state index is 14.1. The Balaban J connectivity index is 0.00000256. The summed E-state index contributed by atoms with van der Waals surface area (Å²) in [5.74, 6) is 2.53. The zero-order valence-corrected chi connectivity index (χ0v) is 20.1. The summed E-state index contributed by atoms with van der Waals surface area (Å²) in [5, 5.41) is 12.0. The standard InChI is InChI=1S/C21H30FN7.HI/c1-16-25-26-20(27(16)2)15-23-21(24-17-7-3-4-8-17)29-13-11-28(12-14-29)19-10-6-5-9-18(19)22;/h5-6,9-10,17H,3-4,7-8,11-15H2,1-2H3,(H,23,24);1H. The zero-order valence-electron chi connectivity index (χ0n) is 17.7. The van der Waals surface area contributed by atoms with Crippen LogP contribution in [0.1, 0.15) is 37.3 Å². The van der Waals surface area contributed by atoms with Gasteiger partial charge >= 0.3 is 0 Å². The van der Waals surface area contributed by atoms with E-state index in [1.807, 2.05) is 30.7 Å².